The molecule has 0 saturated carbocycles. The maximum absolute atomic E-state index is 12.1. The van der Waals surface area contributed by atoms with Crippen LogP contribution in [0.3, 0.4) is 0 Å². The highest BCUT2D eigenvalue weighted by atomic mass is 35.5. The quantitative estimate of drug-likeness (QED) is 0.519. The summed E-state index contributed by atoms with van der Waals surface area (Å²) < 4.78 is 10.5. The molecule has 1 atom stereocenters. The Labute approximate surface area is 167 Å². The number of benzene rings is 2. The molecule has 2 aromatic carbocycles. The van der Waals surface area contributed by atoms with Crippen LogP contribution in [-0.4, -0.2) is 24.6 Å². The lowest BCUT2D eigenvalue weighted by Crippen LogP contribution is -2.29. The van der Waals surface area contributed by atoms with Crippen LogP contribution in [0.15, 0.2) is 48.5 Å². The molecule has 0 spiro atoms. The summed E-state index contributed by atoms with van der Waals surface area (Å²) >= 11 is 11.8. The van der Waals surface area contributed by atoms with Crippen LogP contribution in [0.4, 0.5) is 5.69 Å². The first kappa shape index (κ1) is 20.8. The number of esters is 1. The second-order valence-electron chi connectivity index (χ2n) is 5.53. The number of ether oxygens (including phenoxy) is 2. The number of hydrogen-bond acceptors (Lipinski definition) is 4. The molecule has 0 bridgehead atoms. The van der Waals surface area contributed by atoms with Gasteiger partial charge in [0, 0.05) is 11.1 Å². The van der Waals surface area contributed by atoms with Crippen molar-refractivity contribution in [2.75, 3.05) is 11.9 Å². The Hall–Kier alpha value is -2.50. The summed E-state index contributed by atoms with van der Waals surface area (Å²) in [6.45, 7) is 3.96. The van der Waals surface area contributed by atoms with Crippen molar-refractivity contribution in [2.45, 2.75) is 20.0 Å². The van der Waals surface area contributed by atoms with E-state index < -0.39 is 18.0 Å². The molecule has 0 fully saturated rings. The minimum Gasteiger partial charge on any atom is -0.494 e. The van der Waals surface area contributed by atoms with Gasteiger partial charge in [0.25, 0.3) is 5.91 Å². The zero-order chi connectivity index (χ0) is 19.8. The monoisotopic (exact) mass is 407 g/mol. The maximum Gasteiger partial charge on any atom is 0.331 e. The average Bonchev–Trinajstić information content (AvgIpc) is 2.63. The second kappa shape index (κ2) is 10.00. The second-order valence-corrected chi connectivity index (χ2v) is 6.37. The molecule has 142 valence electrons. The lowest BCUT2D eigenvalue weighted by molar-refractivity contribution is -0.148. The zero-order valence-corrected chi connectivity index (χ0v) is 16.4. The van der Waals surface area contributed by atoms with E-state index in [9.17, 15) is 9.59 Å². The number of carbonyl (C=O) groups is 2. The fourth-order valence-electron chi connectivity index (χ4n) is 2.10. The molecule has 1 N–H and O–H groups in total. The van der Waals surface area contributed by atoms with Crippen LogP contribution in [0.5, 0.6) is 5.75 Å². The summed E-state index contributed by atoms with van der Waals surface area (Å²) in [4.78, 5) is 24.0. The lowest BCUT2D eigenvalue weighted by Gasteiger charge is -2.13. The van der Waals surface area contributed by atoms with Gasteiger partial charge in [0.15, 0.2) is 6.10 Å². The third-order valence-electron chi connectivity index (χ3n) is 3.45. The molecule has 0 aliphatic heterocycles. The normalized spacial score (nSPS) is 11.9. The van der Waals surface area contributed by atoms with Crippen molar-refractivity contribution in [1.82, 2.24) is 0 Å². The summed E-state index contributed by atoms with van der Waals surface area (Å²) in [6, 6.07) is 11.9. The van der Waals surface area contributed by atoms with E-state index in [1.54, 1.807) is 30.3 Å². The molecule has 0 saturated heterocycles. The fraction of sp³-hybridized carbons (Fsp3) is 0.200. The first-order valence-corrected chi connectivity index (χ1v) is 9.02. The minimum atomic E-state index is -0.991. The highest BCUT2D eigenvalue weighted by Crippen LogP contribution is 2.25. The number of anilines is 1. The van der Waals surface area contributed by atoms with Crippen LogP contribution in [0.25, 0.3) is 6.08 Å². The van der Waals surface area contributed by atoms with Crippen molar-refractivity contribution in [3.05, 3.63) is 64.1 Å². The standard InChI is InChI=1S/C20H19Cl2NO4/c1-3-26-16-8-4-14(5-9-16)6-11-19(24)27-13(2)20(25)23-18-10-7-15(21)12-17(18)22/h4-13H,3H2,1-2H3,(H,23,25)/b11-6+/t13-/m1/s1. The van der Waals surface area contributed by atoms with Crippen LogP contribution in [0, 0.1) is 0 Å². The van der Waals surface area contributed by atoms with Crippen LogP contribution in [-0.2, 0) is 14.3 Å². The van der Waals surface area contributed by atoms with Gasteiger partial charge in [-0.15, -0.1) is 0 Å². The van der Waals surface area contributed by atoms with E-state index in [2.05, 4.69) is 5.32 Å². The van der Waals surface area contributed by atoms with Gasteiger partial charge in [-0.3, -0.25) is 4.79 Å². The van der Waals surface area contributed by atoms with Crippen LogP contribution in [0.2, 0.25) is 10.0 Å². The van der Waals surface area contributed by atoms with Crippen LogP contribution >= 0.6 is 23.2 Å². The zero-order valence-electron chi connectivity index (χ0n) is 14.9. The van der Waals surface area contributed by atoms with Crippen molar-refractivity contribution >= 4 is 46.8 Å². The Kier molecular flexibility index (Phi) is 7.70. The van der Waals surface area contributed by atoms with Gasteiger partial charge in [-0.1, -0.05) is 35.3 Å². The van der Waals surface area contributed by atoms with E-state index in [-0.39, 0.29) is 0 Å². The van der Waals surface area contributed by atoms with Gasteiger partial charge in [0.1, 0.15) is 5.75 Å². The molecule has 1 amide bonds. The Morgan fingerprint density at radius 1 is 1.15 bits per heavy atom. The Morgan fingerprint density at radius 3 is 2.48 bits per heavy atom. The molecule has 0 unspecified atom stereocenters. The van der Waals surface area contributed by atoms with Crippen LogP contribution in [0.1, 0.15) is 19.4 Å². The van der Waals surface area contributed by atoms with E-state index in [4.69, 9.17) is 32.7 Å². The highest BCUT2D eigenvalue weighted by Gasteiger charge is 2.17. The summed E-state index contributed by atoms with van der Waals surface area (Å²) in [5, 5.41) is 3.34. The molecular weight excluding hydrogens is 389 g/mol. The SMILES string of the molecule is CCOc1ccc(/C=C/C(=O)O[C@H](C)C(=O)Nc2ccc(Cl)cc2Cl)cc1. The third kappa shape index (κ3) is 6.62. The van der Waals surface area contributed by atoms with Crippen molar-refractivity contribution in [1.29, 1.82) is 0 Å². The number of halogens is 2. The van der Waals surface area contributed by atoms with Crippen molar-refractivity contribution < 1.29 is 19.1 Å². The van der Waals surface area contributed by atoms with Crippen molar-refractivity contribution in [3.63, 3.8) is 0 Å². The number of rotatable bonds is 7. The first-order chi connectivity index (χ1) is 12.9. The van der Waals surface area contributed by atoms with Crippen LogP contribution < -0.4 is 10.1 Å². The molecule has 0 aromatic heterocycles. The van der Waals surface area contributed by atoms with Gasteiger partial charge in [-0.25, -0.2) is 4.79 Å². The fourth-order valence-corrected chi connectivity index (χ4v) is 2.55. The number of amides is 1. The van der Waals surface area contributed by atoms with E-state index in [1.165, 1.54) is 19.1 Å². The molecule has 0 aliphatic rings. The lowest BCUT2D eigenvalue weighted by atomic mass is 10.2. The van der Waals surface area contributed by atoms with Gasteiger partial charge in [-0.05, 0) is 55.8 Å². The van der Waals surface area contributed by atoms with Gasteiger partial charge in [-0.2, -0.15) is 0 Å². The molecule has 7 heteroatoms. The topological polar surface area (TPSA) is 64.6 Å². The number of nitrogens with one attached hydrogen (secondary N) is 1. The van der Waals surface area contributed by atoms with Crippen molar-refractivity contribution in [2.24, 2.45) is 0 Å². The first-order valence-electron chi connectivity index (χ1n) is 8.26. The van der Waals surface area contributed by atoms with Gasteiger partial charge in [0.2, 0.25) is 0 Å². The Balaban J connectivity index is 1.89. The molecule has 2 aromatic rings. The van der Waals surface area contributed by atoms with E-state index in [0.717, 1.165) is 11.3 Å². The summed E-state index contributed by atoms with van der Waals surface area (Å²) in [5.74, 6) is -0.376. The highest BCUT2D eigenvalue weighted by molar-refractivity contribution is 6.36. The Bertz CT molecular complexity index is 834. The summed E-state index contributed by atoms with van der Waals surface area (Å²) in [5.41, 5.74) is 1.19. The molecule has 5 nitrogen and oxygen atoms in total. The predicted octanol–water partition coefficient (Wildman–Crippen LogP) is 4.98. The van der Waals surface area contributed by atoms with Crippen molar-refractivity contribution in [3.8, 4) is 5.75 Å². The number of hydrogen-bond donors (Lipinski definition) is 1. The van der Waals surface area contributed by atoms with E-state index in [0.29, 0.717) is 22.3 Å². The molecule has 0 heterocycles. The van der Waals surface area contributed by atoms with Gasteiger partial charge < -0.3 is 14.8 Å². The van der Waals surface area contributed by atoms with E-state index in [1.807, 2.05) is 19.1 Å². The predicted molar refractivity (Wildman–Crippen MR) is 107 cm³/mol. The molecular formula is C20H19Cl2NO4. The molecule has 27 heavy (non-hydrogen) atoms. The molecule has 2 rings (SSSR count). The smallest absolute Gasteiger partial charge is 0.331 e. The largest absolute Gasteiger partial charge is 0.494 e. The minimum absolute atomic E-state index is 0.296. The third-order valence-corrected chi connectivity index (χ3v) is 4.00. The molecule has 0 radical (unpaired) electrons. The van der Waals surface area contributed by atoms with Gasteiger partial charge >= 0.3 is 5.97 Å². The summed E-state index contributed by atoms with van der Waals surface area (Å²) in [7, 11) is 0. The summed E-state index contributed by atoms with van der Waals surface area (Å²) in [6.07, 6.45) is 1.86. The molecule has 0 aliphatic carbocycles. The van der Waals surface area contributed by atoms with Gasteiger partial charge in [0.05, 0.1) is 17.3 Å². The van der Waals surface area contributed by atoms with E-state index >= 15 is 0 Å². The Morgan fingerprint density at radius 2 is 1.85 bits per heavy atom. The number of carbonyl (C=O) groups excluding carboxylic acids is 2. The average molecular weight is 408 g/mol. The maximum atomic E-state index is 12.1.